The minimum atomic E-state index is -3.62. The molecule has 1 saturated heterocycles. The summed E-state index contributed by atoms with van der Waals surface area (Å²) in [6.45, 7) is 1.14. The van der Waals surface area contributed by atoms with Crippen molar-refractivity contribution < 1.29 is 22.7 Å². The van der Waals surface area contributed by atoms with E-state index < -0.39 is 10.0 Å². The molecule has 1 atom stereocenters. The lowest BCUT2D eigenvalue weighted by Crippen LogP contribution is -2.30. The second-order valence-corrected chi connectivity index (χ2v) is 8.62. The Labute approximate surface area is 171 Å². The van der Waals surface area contributed by atoms with E-state index in [0.717, 1.165) is 24.2 Å². The van der Waals surface area contributed by atoms with Crippen LogP contribution in [0.5, 0.6) is 5.75 Å². The lowest BCUT2D eigenvalue weighted by Gasteiger charge is -2.25. The minimum Gasteiger partial charge on any atom is -0.497 e. The average molecular weight is 419 g/mol. The summed E-state index contributed by atoms with van der Waals surface area (Å²) < 4.78 is 37.2. The molecule has 0 aromatic heterocycles. The number of likely N-dealkylation sites (tertiary alicyclic amines) is 1. The Bertz CT molecular complexity index is 944. The summed E-state index contributed by atoms with van der Waals surface area (Å²) in [5, 5.41) is 0. The highest BCUT2D eigenvalue weighted by atomic mass is 32.2. The smallest absolute Gasteiger partial charge is 0.254 e. The molecule has 0 bridgehead atoms. The van der Waals surface area contributed by atoms with Crippen LogP contribution in [0.3, 0.4) is 0 Å². The van der Waals surface area contributed by atoms with Gasteiger partial charge < -0.3 is 14.4 Å². The van der Waals surface area contributed by atoms with Gasteiger partial charge in [0.25, 0.3) is 5.91 Å². The monoisotopic (exact) mass is 418 g/mol. The fourth-order valence-corrected chi connectivity index (χ4v) is 4.52. The van der Waals surface area contributed by atoms with Gasteiger partial charge in [0.05, 0.1) is 24.7 Å². The van der Waals surface area contributed by atoms with Gasteiger partial charge in [0.2, 0.25) is 10.0 Å². The van der Waals surface area contributed by atoms with Crippen molar-refractivity contribution in [3.05, 3.63) is 59.7 Å². The van der Waals surface area contributed by atoms with E-state index in [-0.39, 0.29) is 30.0 Å². The summed E-state index contributed by atoms with van der Waals surface area (Å²) in [7, 11) is -0.497. The number of nitrogens with one attached hydrogen (secondary N) is 1. The van der Waals surface area contributed by atoms with E-state index in [1.54, 1.807) is 19.2 Å². The lowest BCUT2D eigenvalue weighted by molar-refractivity contribution is 0.0735. The second-order valence-electron chi connectivity index (χ2n) is 6.85. The number of hydrogen-bond donors (Lipinski definition) is 1. The van der Waals surface area contributed by atoms with Crippen LogP contribution in [0.4, 0.5) is 0 Å². The van der Waals surface area contributed by atoms with Gasteiger partial charge in [-0.15, -0.1) is 0 Å². The highest BCUT2D eigenvalue weighted by Crippen LogP contribution is 2.34. The zero-order valence-corrected chi connectivity index (χ0v) is 17.4. The first-order valence-electron chi connectivity index (χ1n) is 9.50. The number of carbonyl (C=O) groups is 1. The van der Waals surface area contributed by atoms with Gasteiger partial charge in [0.15, 0.2) is 0 Å². The minimum absolute atomic E-state index is 0.0169. The number of amides is 1. The van der Waals surface area contributed by atoms with Gasteiger partial charge in [0, 0.05) is 25.8 Å². The first kappa shape index (κ1) is 21.3. The maximum absolute atomic E-state index is 13.1. The number of methoxy groups -OCH3 is 2. The molecule has 2 aromatic carbocycles. The molecular formula is C21H26N2O5S. The highest BCUT2D eigenvalue weighted by molar-refractivity contribution is 7.89. The van der Waals surface area contributed by atoms with Crippen molar-refractivity contribution in [3.63, 3.8) is 0 Å². The summed E-state index contributed by atoms with van der Waals surface area (Å²) >= 11 is 0. The predicted octanol–water partition coefficient (Wildman–Crippen LogP) is 2.60. The van der Waals surface area contributed by atoms with Gasteiger partial charge in [-0.2, -0.15) is 0 Å². The van der Waals surface area contributed by atoms with Crippen molar-refractivity contribution in [2.75, 3.05) is 33.9 Å². The number of ether oxygens (including phenoxy) is 2. The van der Waals surface area contributed by atoms with Gasteiger partial charge in [0.1, 0.15) is 5.75 Å². The molecule has 29 heavy (non-hydrogen) atoms. The summed E-state index contributed by atoms with van der Waals surface area (Å²) in [4.78, 5) is 15.0. The van der Waals surface area contributed by atoms with Gasteiger partial charge in [-0.1, -0.05) is 12.1 Å². The second kappa shape index (κ2) is 9.39. The molecule has 156 valence electrons. The number of carbonyl (C=O) groups excluding carboxylic acids is 1. The molecular weight excluding hydrogens is 392 g/mol. The molecule has 1 amide bonds. The Kier molecular flexibility index (Phi) is 6.89. The van der Waals surface area contributed by atoms with E-state index in [2.05, 4.69) is 4.72 Å². The zero-order valence-electron chi connectivity index (χ0n) is 16.6. The number of nitrogens with zero attached hydrogens (tertiary/aromatic N) is 1. The molecule has 1 aliphatic heterocycles. The Morgan fingerprint density at radius 3 is 2.62 bits per heavy atom. The van der Waals surface area contributed by atoms with Crippen molar-refractivity contribution in [1.29, 1.82) is 0 Å². The zero-order chi connectivity index (χ0) is 20.9. The third-order valence-corrected chi connectivity index (χ3v) is 6.48. The molecule has 0 radical (unpaired) electrons. The fourth-order valence-electron chi connectivity index (χ4n) is 3.51. The maximum Gasteiger partial charge on any atom is 0.254 e. The third-order valence-electron chi connectivity index (χ3n) is 5.00. The Balaban J connectivity index is 1.75. The van der Waals surface area contributed by atoms with Crippen LogP contribution in [0.2, 0.25) is 0 Å². The van der Waals surface area contributed by atoms with E-state index in [1.165, 1.54) is 19.2 Å². The summed E-state index contributed by atoms with van der Waals surface area (Å²) in [6.07, 6.45) is 1.80. The van der Waals surface area contributed by atoms with Crippen LogP contribution < -0.4 is 9.46 Å². The molecule has 1 N–H and O–H groups in total. The van der Waals surface area contributed by atoms with Gasteiger partial charge >= 0.3 is 0 Å². The Morgan fingerprint density at radius 2 is 1.93 bits per heavy atom. The molecule has 1 unspecified atom stereocenters. The topological polar surface area (TPSA) is 84.9 Å². The molecule has 1 aliphatic rings. The summed E-state index contributed by atoms with van der Waals surface area (Å²) in [6, 6.07) is 13.8. The van der Waals surface area contributed by atoms with Crippen molar-refractivity contribution >= 4 is 15.9 Å². The van der Waals surface area contributed by atoms with Crippen LogP contribution in [-0.2, 0) is 14.8 Å². The highest BCUT2D eigenvalue weighted by Gasteiger charge is 2.31. The number of sulfonamides is 1. The van der Waals surface area contributed by atoms with E-state index in [9.17, 15) is 13.2 Å². The molecule has 1 heterocycles. The van der Waals surface area contributed by atoms with Gasteiger partial charge in [-0.3, -0.25) is 4.79 Å². The van der Waals surface area contributed by atoms with Gasteiger partial charge in [-0.25, -0.2) is 13.1 Å². The van der Waals surface area contributed by atoms with Crippen LogP contribution in [0.1, 0.15) is 34.8 Å². The summed E-state index contributed by atoms with van der Waals surface area (Å²) in [5.74, 6) is 0.656. The van der Waals surface area contributed by atoms with E-state index in [1.807, 2.05) is 29.2 Å². The van der Waals surface area contributed by atoms with Crippen LogP contribution in [-0.4, -0.2) is 53.1 Å². The van der Waals surface area contributed by atoms with Crippen molar-refractivity contribution in [2.45, 2.75) is 23.8 Å². The Hall–Kier alpha value is -2.42. The van der Waals surface area contributed by atoms with Crippen LogP contribution >= 0.6 is 0 Å². The van der Waals surface area contributed by atoms with E-state index >= 15 is 0 Å². The lowest BCUT2D eigenvalue weighted by atomic mass is 10.0. The number of rotatable bonds is 8. The normalized spacial score (nSPS) is 16.8. The first-order chi connectivity index (χ1) is 14.0. The fraction of sp³-hybridized carbons (Fsp3) is 0.381. The van der Waals surface area contributed by atoms with Gasteiger partial charge in [-0.05, 0) is 54.8 Å². The molecule has 8 heteroatoms. The number of hydrogen-bond acceptors (Lipinski definition) is 5. The maximum atomic E-state index is 13.1. The first-order valence-corrected chi connectivity index (χ1v) is 11.0. The predicted molar refractivity (Wildman–Crippen MR) is 110 cm³/mol. The third kappa shape index (κ3) is 4.95. The van der Waals surface area contributed by atoms with Crippen molar-refractivity contribution in [1.82, 2.24) is 9.62 Å². The van der Waals surface area contributed by atoms with E-state index in [0.29, 0.717) is 12.1 Å². The molecule has 1 fully saturated rings. The average Bonchev–Trinajstić information content (AvgIpc) is 3.23. The summed E-state index contributed by atoms with van der Waals surface area (Å²) in [5.41, 5.74) is 1.51. The van der Waals surface area contributed by atoms with Crippen LogP contribution in [0.25, 0.3) is 0 Å². The standard InChI is InChI=1S/C21H26N2O5S/c1-27-14-12-22-29(25,26)19-10-8-16(9-11-19)21(24)23-13-4-7-20(23)17-5-3-6-18(15-17)28-2/h3,5-6,8-11,15,20,22H,4,7,12-14H2,1-2H3. The number of benzene rings is 2. The van der Waals surface area contributed by atoms with Crippen LogP contribution in [0.15, 0.2) is 53.4 Å². The Morgan fingerprint density at radius 1 is 1.17 bits per heavy atom. The SMILES string of the molecule is COCCNS(=O)(=O)c1ccc(C(=O)N2CCCC2c2cccc(OC)c2)cc1. The van der Waals surface area contributed by atoms with Crippen molar-refractivity contribution in [3.8, 4) is 5.75 Å². The van der Waals surface area contributed by atoms with Crippen molar-refractivity contribution in [2.24, 2.45) is 0 Å². The molecule has 3 rings (SSSR count). The molecule has 7 nitrogen and oxygen atoms in total. The van der Waals surface area contributed by atoms with Crippen LogP contribution in [0, 0.1) is 0 Å². The quantitative estimate of drug-likeness (QED) is 0.666. The largest absolute Gasteiger partial charge is 0.497 e. The van der Waals surface area contributed by atoms with E-state index in [4.69, 9.17) is 9.47 Å². The molecule has 0 spiro atoms. The molecule has 0 aliphatic carbocycles. The molecule has 2 aromatic rings. The molecule has 0 saturated carbocycles.